The van der Waals surface area contributed by atoms with Crippen LogP contribution in [0.4, 0.5) is 0 Å². The van der Waals surface area contributed by atoms with Crippen LogP contribution >= 0.6 is 0 Å². The van der Waals surface area contributed by atoms with Crippen LogP contribution < -0.4 is 5.73 Å². The Morgan fingerprint density at radius 1 is 1.41 bits per heavy atom. The zero-order valence-corrected chi connectivity index (χ0v) is 13.3. The summed E-state index contributed by atoms with van der Waals surface area (Å²) >= 11 is 0. The summed E-state index contributed by atoms with van der Waals surface area (Å²) in [5, 5.41) is 0. The van der Waals surface area contributed by atoms with Crippen molar-refractivity contribution < 1.29 is 0 Å². The van der Waals surface area contributed by atoms with Crippen molar-refractivity contribution in [3.63, 3.8) is 0 Å². The zero-order valence-electron chi connectivity index (χ0n) is 13.3. The third-order valence-corrected chi connectivity index (χ3v) is 4.34. The lowest BCUT2D eigenvalue weighted by Crippen LogP contribution is -2.43. The van der Waals surface area contributed by atoms with Crippen LogP contribution in [0.1, 0.15) is 26.2 Å². The molecule has 0 bridgehead atoms. The standard InChI is InChI=1S/C17H25N5/c1-14-6-4-10-21(12-14)17(18)19-9-5-11-22-13-20-15-7-2-3-8-16(15)22/h2-3,7-8,13-14H,4-6,9-12H2,1H3,(H2,18,19). The highest BCUT2D eigenvalue weighted by Crippen LogP contribution is 2.15. The van der Waals surface area contributed by atoms with E-state index < -0.39 is 0 Å². The Labute approximate surface area is 131 Å². The molecule has 3 rings (SSSR count). The van der Waals surface area contributed by atoms with Crippen LogP contribution in [-0.2, 0) is 6.54 Å². The van der Waals surface area contributed by atoms with Gasteiger partial charge in [-0.1, -0.05) is 19.1 Å². The molecular weight excluding hydrogens is 274 g/mol. The van der Waals surface area contributed by atoms with Crippen LogP contribution in [0.3, 0.4) is 0 Å². The van der Waals surface area contributed by atoms with E-state index in [0.29, 0.717) is 5.96 Å². The van der Waals surface area contributed by atoms with Crippen LogP contribution in [-0.4, -0.2) is 40.0 Å². The lowest BCUT2D eigenvalue weighted by molar-refractivity contribution is 0.270. The fourth-order valence-corrected chi connectivity index (χ4v) is 3.12. The van der Waals surface area contributed by atoms with Crippen molar-refractivity contribution in [2.75, 3.05) is 19.6 Å². The Morgan fingerprint density at radius 2 is 2.27 bits per heavy atom. The number of piperidine rings is 1. The molecule has 118 valence electrons. The monoisotopic (exact) mass is 299 g/mol. The molecule has 1 aromatic heterocycles. The summed E-state index contributed by atoms with van der Waals surface area (Å²) in [7, 11) is 0. The van der Waals surface area contributed by atoms with Gasteiger partial charge in [-0.05, 0) is 37.3 Å². The third kappa shape index (κ3) is 3.40. The normalized spacial score (nSPS) is 19.8. The minimum absolute atomic E-state index is 0.710. The number of fused-ring (bicyclic) bond motifs is 1. The number of guanidine groups is 1. The first-order valence-electron chi connectivity index (χ1n) is 8.19. The van der Waals surface area contributed by atoms with Crippen LogP contribution in [0, 0.1) is 5.92 Å². The molecule has 0 amide bonds. The summed E-state index contributed by atoms with van der Waals surface area (Å²) in [6.07, 6.45) is 5.41. The quantitative estimate of drug-likeness (QED) is 0.536. The molecule has 0 aliphatic carbocycles. The van der Waals surface area contributed by atoms with E-state index in [1.807, 2.05) is 24.5 Å². The number of aromatic nitrogens is 2. The van der Waals surface area contributed by atoms with Crippen molar-refractivity contribution in [1.29, 1.82) is 0 Å². The average Bonchev–Trinajstić information content (AvgIpc) is 2.95. The van der Waals surface area contributed by atoms with Crippen molar-refractivity contribution in [2.24, 2.45) is 16.6 Å². The lowest BCUT2D eigenvalue weighted by atomic mass is 10.0. The van der Waals surface area contributed by atoms with E-state index in [9.17, 15) is 0 Å². The number of hydrogen-bond acceptors (Lipinski definition) is 2. The number of rotatable bonds is 4. The number of aryl methyl sites for hydroxylation is 1. The second-order valence-electron chi connectivity index (χ2n) is 6.21. The van der Waals surface area contributed by atoms with Crippen LogP contribution in [0.2, 0.25) is 0 Å². The van der Waals surface area contributed by atoms with Crippen molar-refractivity contribution in [1.82, 2.24) is 14.5 Å². The molecule has 1 aromatic carbocycles. The Kier molecular flexibility index (Phi) is 4.61. The Balaban J connectivity index is 1.51. The molecular formula is C17H25N5. The Hall–Kier alpha value is -2.04. The lowest BCUT2D eigenvalue weighted by Gasteiger charge is -2.31. The topological polar surface area (TPSA) is 59.4 Å². The maximum absolute atomic E-state index is 6.12. The van der Waals surface area contributed by atoms with E-state index in [4.69, 9.17) is 5.73 Å². The summed E-state index contributed by atoms with van der Waals surface area (Å²) in [6, 6.07) is 8.22. The van der Waals surface area contributed by atoms with Crippen LogP contribution in [0.5, 0.6) is 0 Å². The molecule has 2 N–H and O–H groups in total. The van der Waals surface area contributed by atoms with Gasteiger partial charge >= 0.3 is 0 Å². The molecule has 1 saturated heterocycles. The van der Waals surface area contributed by atoms with E-state index in [1.54, 1.807) is 0 Å². The predicted molar refractivity (Wildman–Crippen MR) is 90.8 cm³/mol. The van der Waals surface area contributed by atoms with Gasteiger partial charge in [-0.3, -0.25) is 4.99 Å². The summed E-state index contributed by atoms with van der Waals surface area (Å²) in [5.74, 6) is 1.43. The third-order valence-electron chi connectivity index (χ3n) is 4.34. The summed E-state index contributed by atoms with van der Waals surface area (Å²) < 4.78 is 2.18. The molecule has 2 aromatic rings. The SMILES string of the molecule is CC1CCCN(C(N)=NCCCn2cnc3ccccc32)C1. The van der Waals surface area contributed by atoms with Gasteiger partial charge in [-0.25, -0.2) is 4.98 Å². The molecule has 0 radical (unpaired) electrons. The first-order valence-corrected chi connectivity index (χ1v) is 8.19. The van der Waals surface area contributed by atoms with Crippen LogP contribution in [0.15, 0.2) is 35.6 Å². The molecule has 5 heteroatoms. The molecule has 0 saturated carbocycles. The molecule has 1 aliphatic heterocycles. The van der Waals surface area contributed by atoms with Gasteiger partial charge in [0.2, 0.25) is 0 Å². The molecule has 1 atom stereocenters. The van der Waals surface area contributed by atoms with Gasteiger partial charge in [0.05, 0.1) is 17.4 Å². The fourth-order valence-electron chi connectivity index (χ4n) is 3.12. The van der Waals surface area contributed by atoms with E-state index >= 15 is 0 Å². The fraction of sp³-hybridized carbons (Fsp3) is 0.529. The number of nitrogens with two attached hydrogens (primary N) is 1. The summed E-state index contributed by atoms with van der Waals surface area (Å²) in [6.45, 7) is 6.06. The van der Waals surface area contributed by atoms with Crippen molar-refractivity contribution in [3.05, 3.63) is 30.6 Å². The van der Waals surface area contributed by atoms with Gasteiger partial charge in [0.15, 0.2) is 5.96 Å². The van der Waals surface area contributed by atoms with Crippen molar-refractivity contribution >= 4 is 17.0 Å². The molecule has 1 unspecified atom stereocenters. The first-order chi connectivity index (χ1) is 10.7. The smallest absolute Gasteiger partial charge is 0.191 e. The molecule has 0 spiro atoms. The van der Waals surface area contributed by atoms with E-state index in [0.717, 1.165) is 44.0 Å². The van der Waals surface area contributed by atoms with E-state index in [1.165, 1.54) is 18.4 Å². The Morgan fingerprint density at radius 3 is 3.14 bits per heavy atom. The molecule has 5 nitrogen and oxygen atoms in total. The number of hydrogen-bond donors (Lipinski definition) is 1. The maximum Gasteiger partial charge on any atom is 0.191 e. The maximum atomic E-state index is 6.12. The Bertz CT molecular complexity index is 645. The minimum Gasteiger partial charge on any atom is -0.370 e. The summed E-state index contributed by atoms with van der Waals surface area (Å²) in [5.41, 5.74) is 8.35. The minimum atomic E-state index is 0.710. The first kappa shape index (κ1) is 14.9. The second-order valence-corrected chi connectivity index (χ2v) is 6.21. The highest BCUT2D eigenvalue weighted by molar-refractivity contribution is 5.78. The van der Waals surface area contributed by atoms with E-state index in [-0.39, 0.29) is 0 Å². The molecule has 22 heavy (non-hydrogen) atoms. The van der Waals surface area contributed by atoms with Gasteiger partial charge in [0.1, 0.15) is 0 Å². The van der Waals surface area contributed by atoms with Crippen molar-refractivity contribution in [2.45, 2.75) is 32.7 Å². The van der Waals surface area contributed by atoms with Gasteiger partial charge in [-0.15, -0.1) is 0 Å². The zero-order chi connectivity index (χ0) is 15.4. The van der Waals surface area contributed by atoms with Crippen molar-refractivity contribution in [3.8, 4) is 0 Å². The van der Waals surface area contributed by atoms with Gasteiger partial charge in [0.25, 0.3) is 0 Å². The molecule has 1 fully saturated rings. The largest absolute Gasteiger partial charge is 0.370 e. The predicted octanol–water partition coefficient (Wildman–Crippen LogP) is 2.47. The van der Waals surface area contributed by atoms with Gasteiger partial charge < -0.3 is 15.2 Å². The van der Waals surface area contributed by atoms with E-state index in [2.05, 4.69) is 32.4 Å². The number of aliphatic imine (C=N–C) groups is 1. The van der Waals surface area contributed by atoms with Crippen LogP contribution in [0.25, 0.3) is 11.0 Å². The number of nitrogens with zero attached hydrogens (tertiary/aromatic N) is 4. The molecule has 1 aliphatic rings. The molecule has 2 heterocycles. The highest BCUT2D eigenvalue weighted by atomic mass is 15.3. The van der Waals surface area contributed by atoms with Gasteiger partial charge in [0, 0.05) is 26.2 Å². The average molecular weight is 299 g/mol. The number of benzene rings is 1. The highest BCUT2D eigenvalue weighted by Gasteiger charge is 2.17. The second kappa shape index (κ2) is 6.81. The number of likely N-dealkylation sites (tertiary alicyclic amines) is 1. The number of para-hydroxylation sites is 2. The number of imidazole rings is 1. The van der Waals surface area contributed by atoms with Gasteiger partial charge in [-0.2, -0.15) is 0 Å². The summed E-state index contributed by atoms with van der Waals surface area (Å²) in [4.78, 5) is 11.2.